The molecule has 0 unspecified atom stereocenters. The third-order valence-corrected chi connectivity index (χ3v) is 2.64. The zero-order valence-electron chi connectivity index (χ0n) is 6.60. The van der Waals surface area contributed by atoms with E-state index in [1.807, 2.05) is 6.20 Å². The Hall–Kier alpha value is -1.44. The van der Waals surface area contributed by atoms with Crippen molar-refractivity contribution in [2.75, 3.05) is 6.61 Å². The van der Waals surface area contributed by atoms with E-state index in [9.17, 15) is 0 Å². The van der Waals surface area contributed by atoms with E-state index in [4.69, 9.17) is 4.74 Å². The first-order chi connectivity index (χ1) is 5.92. The van der Waals surface area contributed by atoms with Gasteiger partial charge in [0, 0.05) is 12.4 Å². The fourth-order valence-electron chi connectivity index (χ4n) is 1.95. The second-order valence-corrected chi connectivity index (χ2v) is 3.22. The van der Waals surface area contributed by atoms with Crippen molar-refractivity contribution in [2.24, 2.45) is 0 Å². The summed E-state index contributed by atoms with van der Waals surface area (Å²) in [6, 6.07) is 0. The predicted octanol–water partition coefficient (Wildman–Crippen LogP) is 1.55. The summed E-state index contributed by atoms with van der Waals surface area (Å²) in [5.41, 5.74) is 1.32. The molecule has 0 saturated carbocycles. The van der Waals surface area contributed by atoms with Crippen molar-refractivity contribution in [3.63, 3.8) is 0 Å². The second-order valence-electron chi connectivity index (χ2n) is 3.22. The molecule has 0 N–H and O–H groups in total. The fraction of sp³-hybridized carbons (Fsp3) is 0.200. The first-order valence-corrected chi connectivity index (χ1v) is 4.07. The molecule has 3 rings (SSSR count). The Morgan fingerprint density at radius 3 is 3.42 bits per heavy atom. The molecule has 1 aliphatic carbocycles. The number of hydrogen-bond donors (Lipinski definition) is 0. The van der Waals surface area contributed by atoms with Crippen molar-refractivity contribution in [1.29, 1.82) is 0 Å². The lowest BCUT2D eigenvalue weighted by atomic mass is 9.95. The highest BCUT2D eigenvalue weighted by Gasteiger charge is 2.42. The molecule has 2 heteroatoms. The van der Waals surface area contributed by atoms with Gasteiger partial charge in [-0.25, -0.2) is 0 Å². The smallest absolute Gasteiger partial charge is 0.122 e. The van der Waals surface area contributed by atoms with Crippen LogP contribution in [0.5, 0.6) is 0 Å². The quantitative estimate of drug-likeness (QED) is 0.531. The summed E-state index contributed by atoms with van der Waals surface area (Å²) < 4.78 is 5.33. The van der Waals surface area contributed by atoms with Crippen LogP contribution >= 0.6 is 0 Å². The largest absolute Gasteiger partial charge is 0.496 e. The van der Waals surface area contributed by atoms with E-state index >= 15 is 0 Å². The molecule has 0 bridgehead atoms. The van der Waals surface area contributed by atoms with Gasteiger partial charge in [-0.15, -0.1) is 0 Å². The van der Waals surface area contributed by atoms with Crippen LogP contribution in [0.4, 0.5) is 0 Å². The normalized spacial score (nSPS) is 34.7. The minimum absolute atomic E-state index is 0.00521. The molecule has 60 valence electrons. The van der Waals surface area contributed by atoms with Crippen molar-refractivity contribution >= 4 is 0 Å². The molecule has 0 aromatic rings. The van der Waals surface area contributed by atoms with E-state index in [2.05, 4.69) is 35.4 Å². The summed E-state index contributed by atoms with van der Waals surface area (Å²) in [5, 5.41) is 0. The van der Waals surface area contributed by atoms with E-state index in [-0.39, 0.29) is 5.54 Å². The number of rotatable bonds is 0. The second kappa shape index (κ2) is 1.83. The lowest BCUT2D eigenvalue weighted by molar-refractivity contribution is 0.124. The standard InChI is InChI=1S/C10H9NO/c1-2-9-3-5-11-6-7-12-8-10(9,11)4-1/h1-7H,8H2/t10-/m0/s1. The highest BCUT2D eigenvalue weighted by molar-refractivity contribution is 5.51. The van der Waals surface area contributed by atoms with Crippen molar-refractivity contribution in [3.05, 3.63) is 48.5 Å². The van der Waals surface area contributed by atoms with Crippen LogP contribution in [-0.2, 0) is 4.74 Å². The molecule has 1 spiro atoms. The molecule has 2 heterocycles. The van der Waals surface area contributed by atoms with E-state index in [1.54, 1.807) is 6.26 Å². The van der Waals surface area contributed by atoms with Crippen LogP contribution in [0, 0.1) is 0 Å². The molecule has 0 radical (unpaired) electrons. The van der Waals surface area contributed by atoms with Gasteiger partial charge in [0.2, 0.25) is 0 Å². The topological polar surface area (TPSA) is 12.5 Å². The zero-order chi connectivity index (χ0) is 8.02. The van der Waals surface area contributed by atoms with Gasteiger partial charge in [0.1, 0.15) is 12.1 Å². The lowest BCUT2D eigenvalue weighted by Gasteiger charge is -2.36. The SMILES string of the molecule is C1=C[C@@]23COC=CN2C=CC3=C1. The average molecular weight is 159 g/mol. The van der Waals surface area contributed by atoms with Crippen LogP contribution in [0.15, 0.2) is 48.5 Å². The molecule has 12 heavy (non-hydrogen) atoms. The molecule has 0 aromatic carbocycles. The van der Waals surface area contributed by atoms with E-state index in [1.165, 1.54) is 5.57 Å². The Balaban J connectivity index is 2.16. The number of nitrogens with zero attached hydrogens (tertiary/aromatic N) is 1. The van der Waals surface area contributed by atoms with Crippen LogP contribution in [0.2, 0.25) is 0 Å². The first kappa shape index (κ1) is 6.12. The van der Waals surface area contributed by atoms with E-state index in [0.29, 0.717) is 0 Å². The maximum absolute atomic E-state index is 5.33. The Morgan fingerprint density at radius 2 is 2.42 bits per heavy atom. The van der Waals surface area contributed by atoms with E-state index in [0.717, 1.165) is 6.61 Å². The molecule has 1 atom stereocenters. The van der Waals surface area contributed by atoms with Gasteiger partial charge in [-0.05, 0) is 11.6 Å². The predicted molar refractivity (Wildman–Crippen MR) is 46.0 cm³/mol. The minimum Gasteiger partial charge on any atom is -0.496 e. The van der Waals surface area contributed by atoms with Gasteiger partial charge in [0.15, 0.2) is 0 Å². The van der Waals surface area contributed by atoms with Gasteiger partial charge >= 0.3 is 0 Å². The fourth-order valence-corrected chi connectivity index (χ4v) is 1.95. The number of ether oxygens (including phenoxy) is 1. The summed E-state index contributed by atoms with van der Waals surface area (Å²) in [4.78, 5) is 2.19. The molecular formula is C10H9NO. The van der Waals surface area contributed by atoms with Crippen LogP contribution in [0.1, 0.15) is 0 Å². The molecule has 0 fully saturated rings. The zero-order valence-corrected chi connectivity index (χ0v) is 6.60. The molecule has 3 aliphatic rings. The Bertz CT molecular complexity index is 338. The number of hydrogen-bond acceptors (Lipinski definition) is 2. The Kier molecular flexibility index (Phi) is 0.933. The minimum atomic E-state index is -0.00521. The maximum atomic E-state index is 5.33. The molecule has 2 aliphatic heterocycles. The summed E-state index contributed by atoms with van der Waals surface area (Å²) >= 11 is 0. The van der Waals surface area contributed by atoms with Crippen molar-refractivity contribution in [2.45, 2.75) is 5.54 Å². The summed E-state index contributed by atoms with van der Waals surface area (Å²) in [6.45, 7) is 0.721. The third-order valence-electron chi connectivity index (χ3n) is 2.64. The molecule has 0 aromatic heterocycles. The Labute approximate surface area is 71.1 Å². The summed E-state index contributed by atoms with van der Waals surface area (Å²) in [5.74, 6) is 0. The van der Waals surface area contributed by atoms with Crippen LogP contribution < -0.4 is 0 Å². The van der Waals surface area contributed by atoms with E-state index < -0.39 is 0 Å². The van der Waals surface area contributed by atoms with Crippen molar-refractivity contribution in [3.8, 4) is 0 Å². The monoisotopic (exact) mass is 159 g/mol. The molecule has 2 nitrogen and oxygen atoms in total. The average Bonchev–Trinajstić information content (AvgIpc) is 2.59. The van der Waals surface area contributed by atoms with Gasteiger partial charge in [-0.2, -0.15) is 0 Å². The Morgan fingerprint density at radius 1 is 1.42 bits per heavy atom. The van der Waals surface area contributed by atoms with Crippen LogP contribution in [0.3, 0.4) is 0 Å². The maximum Gasteiger partial charge on any atom is 0.122 e. The summed E-state index contributed by atoms with van der Waals surface area (Å²) in [7, 11) is 0. The van der Waals surface area contributed by atoms with Gasteiger partial charge < -0.3 is 9.64 Å². The van der Waals surface area contributed by atoms with Gasteiger partial charge in [-0.3, -0.25) is 0 Å². The highest BCUT2D eigenvalue weighted by Crippen LogP contribution is 2.39. The van der Waals surface area contributed by atoms with Gasteiger partial charge in [-0.1, -0.05) is 18.2 Å². The highest BCUT2D eigenvalue weighted by atomic mass is 16.5. The van der Waals surface area contributed by atoms with Gasteiger partial charge in [0.25, 0.3) is 0 Å². The number of allylic oxidation sites excluding steroid dienone is 2. The molecule has 0 amide bonds. The van der Waals surface area contributed by atoms with Crippen LogP contribution in [-0.4, -0.2) is 17.0 Å². The molecule has 0 saturated heterocycles. The first-order valence-electron chi connectivity index (χ1n) is 4.07. The van der Waals surface area contributed by atoms with Crippen molar-refractivity contribution < 1.29 is 4.74 Å². The molecular weight excluding hydrogens is 150 g/mol. The van der Waals surface area contributed by atoms with Crippen molar-refractivity contribution in [1.82, 2.24) is 4.90 Å². The summed E-state index contributed by atoms with van der Waals surface area (Å²) in [6.07, 6.45) is 14.4. The third kappa shape index (κ3) is 0.524. The van der Waals surface area contributed by atoms with Gasteiger partial charge in [0.05, 0.1) is 6.26 Å². The van der Waals surface area contributed by atoms with Crippen LogP contribution in [0.25, 0.3) is 0 Å². The lowest BCUT2D eigenvalue weighted by Crippen LogP contribution is -2.44.